The van der Waals surface area contributed by atoms with Crippen LogP contribution in [0, 0.1) is 0 Å². The number of aliphatic hydroxyl groups excluding tert-OH is 1. The van der Waals surface area contributed by atoms with E-state index in [0.717, 1.165) is 10.9 Å². The van der Waals surface area contributed by atoms with Gasteiger partial charge in [0.15, 0.2) is 5.69 Å². The zero-order chi connectivity index (χ0) is 12.5. The molecule has 3 rings (SSSR count). The second-order valence-electron chi connectivity index (χ2n) is 4.64. The molecule has 18 heavy (non-hydrogen) atoms. The lowest BCUT2D eigenvalue weighted by atomic mass is 10.1. The molecular formula is C13H15N3O2. The molecular weight excluding hydrogens is 230 g/mol. The Morgan fingerprint density at radius 1 is 1.33 bits per heavy atom. The third-order valence-electron chi connectivity index (χ3n) is 3.42. The maximum absolute atomic E-state index is 12.3. The molecule has 94 valence electrons. The smallest absolute Gasteiger partial charge is 0.274 e. The Hall–Kier alpha value is -1.88. The van der Waals surface area contributed by atoms with Crippen molar-refractivity contribution in [3.05, 3.63) is 30.0 Å². The van der Waals surface area contributed by atoms with Gasteiger partial charge < -0.3 is 10.0 Å². The first kappa shape index (κ1) is 11.2. The molecule has 2 heterocycles. The predicted molar refractivity (Wildman–Crippen MR) is 67.2 cm³/mol. The van der Waals surface area contributed by atoms with E-state index < -0.39 is 0 Å². The largest absolute Gasteiger partial charge is 0.393 e. The SMILES string of the molecule is O=C(c1n[nH]c2ccccc12)N1CCC(O)CC1. The highest BCUT2D eigenvalue weighted by molar-refractivity contribution is 6.04. The van der Waals surface area contributed by atoms with Crippen LogP contribution in [-0.4, -0.2) is 45.3 Å². The summed E-state index contributed by atoms with van der Waals surface area (Å²) in [6.45, 7) is 1.20. The Morgan fingerprint density at radius 2 is 2.06 bits per heavy atom. The molecule has 0 spiro atoms. The van der Waals surface area contributed by atoms with Crippen LogP contribution in [-0.2, 0) is 0 Å². The van der Waals surface area contributed by atoms with Crippen molar-refractivity contribution in [2.24, 2.45) is 0 Å². The molecule has 0 unspecified atom stereocenters. The van der Waals surface area contributed by atoms with Gasteiger partial charge in [0.25, 0.3) is 5.91 Å². The van der Waals surface area contributed by atoms with Crippen LogP contribution >= 0.6 is 0 Å². The van der Waals surface area contributed by atoms with E-state index in [4.69, 9.17) is 0 Å². The second kappa shape index (κ2) is 4.42. The van der Waals surface area contributed by atoms with Crippen LogP contribution in [0.2, 0.25) is 0 Å². The van der Waals surface area contributed by atoms with Gasteiger partial charge in [-0.1, -0.05) is 18.2 Å². The third-order valence-corrected chi connectivity index (χ3v) is 3.42. The molecule has 0 atom stereocenters. The highest BCUT2D eigenvalue weighted by Gasteiger charge is 2.25. The zero-order valence-electron chi connectivity index (χ0n) is 9.97. The lowest BCUT2D eigenvalue weighted by molar-refractivity contribution is 0.0543. The van der Waals surface area contributed by atoms with Gasteiger partial charge in [0.05, 0.1) is 11.6 Å². The van der Waals surface area contributed by atoms with Gasteiger partial charge in [0.1, 0.15) is 0 Å². The van der Waals surface area contributed by atoms with Gasteiger partial charge in [0.2, 0.25) is 0 Å². The summed E-state index contributed by atoms with van der Waals surface area (Å²) in [5.74, 6) is -0.0562. The number of aliphatic hydroxyl groups is 1. The highest BCUT2D eigenvalue weighted by atomic mass is 16.3. The van der Waals surface area contributed by atoms with E-state index in [0.29, 0.717) is 31.6 Å². The molecule has 1 aliphatic rings. The summed E-state index contributed by atoms with van der Waals surface area (Å²) in [7, 11) is 0. The zero-order valence-corrected chi connectivity index (χ0v) is 9.97. The number of carbonyl (C=O) groups excluding carboxylic acids is 1. The van der Waals surface area contributed by atoms with Crippen LogP contribution in [0.1, 0.15) is 23.3 Å². The van der Waals surface area contributed by atoms with Gasteiger partial charge in [-0.15, -0.1) is 0 Å². The molecule has 1 amide bonds. The molecule has 0 bridgehead atoms. The predicted octanol–water partition coefficient (Wildman–Crippen LogP) is 1.16. The third kappa shape index (κ3) is 1.86. The first-order valence-corrected chi connectivity index (χ1v) is 6.16. The number of nitrogens with zero attached hydrogens (tertiary/aromatic N) is 2. The Morgan fingerprint density at radius 3 is 2.83 bits per heavy atom. The molecule has 1 aromatic carbocycles. The minimum atomic E-state index is -0.273. The number of likely N-dealkylation sites (tertiary alicyclic amines) is 1. The van der Waals surface area contributed by atoms with Crippen molar-refractivity contribution in [3.8, 4) is 0 Å². The lowest BCUT2D eigenvalue weighted by Crippen LogP contribution is -2.40. The molecule has 1 saturated heterocycles. The number of hydrogen-bond acceptors (Lipinski definition) is 3. The van der Waals surface area contributed by atoms with Crippen LogP contribution in [0.3, 0.4) is 0 Å². The first-order valence-electron chi connectivity index (χ1n) is 6.16. The molecule has 0 saturated carbocycles. The molecule has 0 radical (unpaired) electrons. The van der Waals surface area contributed by atoms with Gasteiger partial charge in [-0.25, -0.2) is 0 Å². The van der Waals surface area contributed by atoms with Crippen LogP contribution < -0.4 is 0 Å². The quantitative estimate of drug-likeness (QED) is 0.792. The molecule has 0 aliphatic carbocycles. The van der Waals surface area contributed by atoms with Crippen molar-refractivity contribution in [2.75, 3.05) is 13.1 Å². The summed E-state index contributed by atoms with van der Waals surface area (Å²) >= 11 is 0. The van der Waals surface area contributed by atoms with E-state index in [1.165, 1.54) is 0 Å². The summed E-state index contributed by atoms with van der Waals surface area (Å²) in [4.78, 5) is 14.1. The Bertz CT molecular complexity index is 570. The van der Waals surface area contributed by atoms with Gasteiger partial charge in [-0.3, -0.25) is 9.89 Å². The van der Waals surface area contributed by atoms with E-state index in [1.807, 2.05) is 24.3 Å². The average Bonchev–Trinajstić information content (AvgIpc) is 2.82. The lowest BCUT2D eigenvalue weighted by Gasteiger charge is -2.29. The Kier molecular flexibility index (Phi) is 2.76. The standard InChI is InChI=1S/C13H15N3O2/c17-9-5-7-16(8-6-9)13(18)12-10-3-1-2-4-11(10)14-15-12/h1-4,9,17H,5-8H2,(H,14,15). The fourth-order valence-corrected chi connectivity index (χ4v) is 2.35. The first-order chi connectivity index (χ1) is 8.75. The molecule has 1 aromatic heterocycles. The van der Waals surface area contributed by atoms with Gasteiger partial charge in [0, 0.05) is 18.5 Å². The van der Waals surface area contributed by atoms with Crippen molar-refractivity contribution >= 4 is 16.8 Å². The number of nitrogens with one attached hydrogen (secondary N) is 1. The van der Waals surface area contributed by atoms with E-state index in [9.17, 15) is 9.90 Å². The van der Waals surface area contributed by atoms with E-state index in [2.05, 4.69) is 10.2 Å². The van der Waals surface area contributed by atoms with Crippen molar-refractivity contribution in [1.82, 2.24) is 15.1 Å². The molecule has 1 fully saturated rings. The number of benzene rings is 1. The van der Waals surface area contributed by atoms with E-state index >= 15 is 0 Å². The molecule has 5 nitrogen and oxygen atoms in total. The number of carbonyl (C=O) groups is 1. The average molecular weight is 245 g/mol. The summed E-state index contributed by atoms with van der Waals surface area (Å²) in [5.41, 5.74) is 1.35. The van der Waals surface area contributed by atoms with Gasteiger partial charge in [-0.2, -0.15) is 5.10 Å². The molecule has 1 aliphatic heterocycles. The maximum Gasteiger partial charge on any atom is 0.274 e. The number of hydrogen-bond donors (Lipinski definition) is 2. The number of piperidine rings is 1. The normalized spacial score (nSPS) is 17.3. The Labute approximate surface area is 104 Å². The number of aromatic nitrogens is 2. The van der Waals surface area contributed by atoms with E-state index in [1.54, 1.807) is 4.90 Å². The number of para-hydroxylation sites is 1. The monoisotopic (exact) mass is 245 g/mol. The number of amides is 1. The number of rotatable bonds is 1. The summed E-state index contributed by atoms with van der Waals surface area (Å²) < 4.78 is 0. The topological polar surface area (TPSA) is 69.2 Å². The fourth-order valence-electron chi connectivity index (χ4n) is 2.35. The van der Waals surface area contributed by atoms with Crippen LogP contribution in [0.5, 0.6) is 0 Å². The van der Waals surface area contributed by atoms with Crippen molar-refractivity contribution < 1.29 is 9.90 Å². The van der Waals surface area contributed by atoms with Crippen LogP contribution in [0.25, 0.3) is 10.9 Å². The minimum absolute atomic E-state index is 0.0562. The number of H-pyrrole nitrogens is 1. The summed E-state index contributed by atoms with van der Waals surface area (Å²) in [6, 6.07) is 7.60. The van der Waals surface area contributed by atoms with E-state index in [-0.39, 0.29) is 12.0 Å². The summed E-state index contributed by atoms with van der Waals surface area (Å²) in [5, 5.41) is 17.3. The Balaban J connectivity index is 1.88. The van der Waals surface area contributed by atoms with Gasteiger partial charge in [-0.05, 0) is 18.9 Å². The van der Waals surface area contributed by atoms with Crippen molar-refractivity contribution in [1.29, 1.82) is 0 Å². The molecule has 2 aromatic rings. The maximum atomic E-state index is 12.3. The summed E-state index contributed by atoms with van der Waals surface area (Å²) in [6.07, 6.45) is 1.02. The number of aromatic amines is 1. The van der Waals surface area contributed by atoms with Crippen LogP contribution in [0.15, 0.2) is 24.3 Å². The second-order valence-corrected chi connectivity index (χ2v) is 4.64. The van der Waals surface area contributed by atoms with Crippen molar-refractivity contribution in [3.63, 3.8) is 0 Å². The minimum Gasteiger partial charge on any atom is -0.393 e. The van der Waals surface area contributed by atoms with Gasteiger partial charge >= 0.3 is 0 Å². The molecule has 2 N–H and O–H groups in total. The molecule has 5 heteroatoms. The van der Waals surface area contributed by atoms with Crippen LogP contribution in [0.4, 0.5) is 0 Å². The number of fused-ring (bicyclic) bond motifs is 1. The highest BCUT2D eigenvalue weighted by Crippen LogP contribution is 2.19. The van der Waals surface area contributed by atoms with Crippen molar-refractivity contribution in [2.45, 2.75) is 18.9 Å². The fraction of sp³-hybridized carbons (Fsp3) is 0.385.